The van der Waals surface area contributed by atoms with Gasteiger partial charge in [-0.05, 0) is 12.3 Å². The van der Waals surface area contributed by atoms with Crippen molar-refractivity contribution < 1.29 is 4.74 Å². The van der Waals surface area contributed by atoms with Gasteiger partial charge >= 0.3 is 0 Å². The van der Waals surface area contributed by atoms with E-state index in [4.69, 9.17) is 4.74 Å². The first kappa shape index (κ1) is 12.8. The fourth-order valence-electron chi connectivity index (χ4n) is 1.95. The zero-order valence-electron chi connectivity index (χ0n) is 11.0. The van der Waals surface area contributed by atoms with Crippen molar-refractivity contribution in [1.82, 2.24) is 19.9 Å². The van der Waals surface area contributed by atoms with Crippen molar-refractivity contribution in [3.63, 3.8) is 0 Å². The molecule has 5 heteroatoms. The van der Waals surface area contributed by atoms with E-state index in [1.807, 2.05) is 0 Å². The second-order valence-electron chi connectivity index (χ2n) is 4.51. The van der Waals surface area contributed by atoms with Crippen LogP contribution in [0, 0.1) is 5.92 Å². The van der Waals surface area contributed by atoms with Crippen molar-refractivity contribution in [2.75, 3.05) is 6.61 Å². The first-order valence-corrected chi connectivity index (χ1v) is 6.62. The van der Waals surface area contributed by atoms with Crippen LogP contribution >= 0.6 is 0 Å². The average molecular weight is 248 g/mol. The maximum Gasteiger partial charge on any atom is 0.243 e. The van der Waals surface area contributed by atoms with E-state index in [-0.39, 0.29) is 0 Å². The Bertz CT molecular complexity index is 483. The number of hydrogen-bond acceptors (Lipinski definition) is 4. The molecule has 1 N–H and O–H groups in total. The smallest absolute Gasteiger partial charge is 0.243 e. The van der Waals surface area contributed by atoms with Gasteiger partial charge in [0.25, 0.3) is 0 Å². The van der Waals surface area contributed by atoms with Gasteiger partial charge in [-0.15, -0.1) is 0 Å². The van der Waals surface area contributed by atoms with Crippen molar-refractivity contribution in [3.05, 3.63) is 12.7 Å². The molecule has 0 saturated heterocycles. The van der Waals surface area contributed by atoms with Crippen molar-refractivity contribution in [2.24, 2.45) is 5.92 Å². The zero-order valence-corrected chi connectivity index (χ0v) is 11.0. The summed E-state index contributed by atoms with van der Waals surface area (Å²) in [6, 6.07) is 0. The van der Waals surface area contributed by atoms with Crippen LogP contribution < -0.4 is 4.74 Å². The largest absolute Gasteiger partial charge is 0.476 e. The molecule has 2 heterocycles. The number of aromatic nitrogens is 4. The van der Waals surface area contributed by atoms with Crippen LogP contribution in [0.15, 0.2) is 12.7 Å². The third-order valence-corrected chi connectivity index (χ3v) is 3.19. The summed E-state index contributed by atoms with van der Waals surface area (Å²) in [5, 5.41) is 0. The second-order valence-corrected chi connectivity index (χ2v) is 4.51. The van der Waals surface area contributed by atoms with Gasteiger partial charge in [-0.3, -0.25) is 0 Å². The van der Waals surface area contributed by atoms with Crippen molar-refractivity contribution in [3.8, 4) is 5.88 Å². The van der Waals surface area contributed by atoms with Gasteiger partial charge in [0.1, 0.15) is 11.8 Å². The standard InChI is InChI=1S/C13H20N4O/c1-3-5-6-10(4-2)7-18-13-11-12(15-8-14-11)16-9-17-13/h8-10H,3-7H2,1-2H3,(H,14,15,16,17). The van der Waals surface area contributed by atoms with Crippen LogP contribution in [0.1, 0.15) is 39.5 Å². The summed E-state index contributed by atoms with van der Waals surface area (Å²) in [7, 11) is 0. The topological polar surface area (TPSA) is 63.7 Å². The van der Waals surface area contributed by atoms with Gasteiger partial charge in [0.05, 0.1) is 12.9 Å². The highest BCUT2D eigenvalue weighted by Crippen LogP contribution is 2.19. The van der Waals surface area contributed by atoms with Gasteiger partial charge in [-0.2, -0.15) is 4.98 Å². The zero-order chi connectivity index (χ0) is 12.8. The lowest BCUT2D eigenvalue weighted by molar-refractivity contribution is 0.228. The Morgan fingerprint density at radius 2 is 2.17 bits per heavy atom. The number of hydrogen-bond donors (Lipinski definition) is 1. The van der Waals surface area contributed by atoms with E-state index in [9.17, 15) is 0 Å². The number of rotatable bonds is 7. The Hall–Kier alpha value is -1.65. The molecule has 0 radical (unpaired) electrons. The SMILES string of the molecule is CCCCC(CC)COc1ncnc2nc[nH]c12. The molecule has 2 aromatic heterocycles. The minimum Gasteiger partial charge on any atom is -0.476 e. The second kappa shape index (κ2) is 6.33. The molecule has 0 aliphatic carbocycles. The van der Waals surface area contributed by atoms with Gasteiger partial charge in [0, 0.05) is 0 Å². The lowest BCUT2D eigenvalue weighted by atomic mass is 10.0. The molecule has 2 rings (SSSR count). The average Bonchev–Trinajstić information content (AvgIpc) is 2.88. The van der Waals surface area contributed by atoms with Gasteiger partial charge in [0.15, 0.2) is 5.65 Å². The minimum absolute atomic E-state index is 0.595. The van der Waals surface area contributed by atoms with E-state index in [0.717, 1.165) is 11.9 Å². The third kappa shape index (κ3) is 2.97. The molecule has 0 amide bonds. The summed E-state index contributed by atoms with van der Waals surface area (Å²) >= 11 is 0. The maximum atomic E-state index is 5.81. The number of imidazole rings is 1. The summed E-state index contributed by atoms with van der Waals surface area (Å²) < 4.78 is 5.81. The van der Waals surface area contributed by atoms with E-state index in [1.165, 1.54) is 25.6 Å². The lowest BCUT2D eigenvalue weighted by Gasteiger charge is -2.14. The van der Waals surface area contributed by atoms with E-state index < -0.39 is 0 Å². The van der Waals surface area contributed by atoms with Crippen LogP contribution in [0.3, 0.4) is 0 Å². The van der Waals surface area contributed by atoms with Crippen molar-refractivity contribution in [2.45, 2.75) is 39.5 Å². The normalized spacial score (nSPS) is 12.8. The Morgan fingerprint density at radius 3 is 2.94 bits per heavy atom. The number of nitrogens with zero attached hydrogens (tertiary/aromatic N) is 3. The van der Waals surface area contributed by atoms with Gasteiger partial charge < -0.3 is 9.72 Å². The summed E-state index contributed by atoms with van der Waals surface area (Å²) in [4.78, 5) is 15.3. The highest BCUT2D eigenvalue weighted by Gasteiger charge is 2.10. The molecule has 0 aliphatic rings. The molecule has 0 fully saturated rings. The Morgan fingerprint density at radius 1 is 1.28 bits per heavy atom. The Balaban J connectivity index is 1.98. The van der Waals surface area contributed by atoms with Gasteiger partial charge in [-0.25, -0.2) is 9.97 Å². The number of nitrogens with one attached hydrogen (secondary N) is 1. The van der Waals surface area contributed by atoms with Crippen LogP contribution in [-0.4, -0.2) is 26.5 Å². The molecule has 0 spiro atoms. The van der Waals surface area contributed by atoms with Crippen LogP contribution in [0.4, 0.5) is 0 Å². The molecule has 1 atom stereocenters. The van der Waals surface area contributed by atoms with E-state index in [1.54, 1.807) is 6.33 Å². The van der Waals surface area contributed by atoms with Crippen LogP contribution in [0.25, 0.3) is 11.2 Å². The minimum atomic E-state index is 0.595. The monoisotopic (exact) mass is 248 g/mol. The predicted molar refractivity (Wildman–Crippen MR) is 70.5 cm³/mol. The molecule has 98 valence electrons. The molecule has 0 saturated carbocycles. The first-order chi connectivity index (χ1) is 8.85. The molecule has 2 aromatic rings. The first-order valence-electron chi connectivity index (χ1n) is 6.62. The number of unbranched alkanes of at least 4 members (excludes halogenated alkanes) is 1. The molecule has 5 nitrogen and oxygen atoms in total. The van der Waals surface area contributed by atoms with Crippen LogP contribution in [-0.2, 0) is 0 Å². The fourth-order valence-corrected chi connectivity index (χ4v) is 1.95. The van der Waals surface area contributed by atoms with Crippen LogP contribution in [0.5, 0.6) is 5.88 Å². The third-order valence-electron chi connectivity index (χ3n) is 3.19. The Kier molecular flexibility index (Phi) is 4.50. The summed E-state index contributed by atoms with van der Waals surface area (Å²) in [6.45, 7) is 5.13. The molecule has 0 aliphatic heterocycles. The number of ether oxygens (including phenoxy) is 1. The summed E-state index contributed by atoms with van der Waals surface area (Å²) in [5.41, 5.74) is 1.43. The lowest BCUT2D eigenvalue weighted by Crippen LogP contribution is -2.12. The van der Waals surface area contributed by atoms with E-state index in [2.05, 4.69) is 33.8 Å². The summed E-state index contributed by atoms with van der Waals surface area (Å²) in [5.74, 6) is 1.20. The predicted octanol–water partition coefficient (Wildman–Crippen LogP) is 2.95. The summed E-state index contributed by atoms with van der Waals surface area (Å²) in [6.07, 6.45) is 7.94. The number of aromatic amines is 1. The quantitative estimate of drug-likeness (QED) is 0.818. The fraction of sp³-hybridized carbons (Fsp3) is 0.615. The molecule has 0 aromatic carbocycles. The molecular weight excluding hydrogens is 228 g/mol. The molecule has 0 bridgehead atoms. The highest BCUT2D eigenvalue weighted by molar-refractivity contribution is 5.74. The van der Waals surface area contributed by atoms with E-state index >= 15 is 0 Å². The van der Waals surface area contributed by atoms with Crippen molar-refractivity contribution >= 4 is 11.2 Å². The molecule has 1 unspecified atom stereocenters. The molecule has 18 heavy (non-hydrogen) atoms. The van der Waals surface area contributed by atoms with Crippen molar-refractivity contribution in [1.29, 1.82) is 0 Å². The maximum absolute atomic E-state index is 5.81. The van der Waals surface area contributed by atoms with Crippen LogP contribution in [0.2, 0.25) is 0 Å². The van der Waals surface area contributed by atoms with E-state index in [0.29, 0.717) is 24.1 Å². The number of H-pyrrole nitrogens is 1. The number of fused-ring (bicyclic) bond motifs is 1. The molecular formula is C13H20N4O. The van der Waals surface area contributed by atoms with Gasteiger partial charge in [-0.1, -0.05) is 33.1 Å². The van der Waals surface area contributed by atoms with Gasteiger partial charge in [0.2, 0.25) is 5.88 Å². The Labute approximate surface area is 107 Å². The highest BCUT2D eigenvalue weighted by atomic mass is 16.5.